The summed E-state index contributed by atoms with van der Waals surface area (Å²) < 4.78 is 0. The summed E-state index contributed by atoms with van der Waals surface area (Å²) in [6.07, 6.45) is 9.68. The third-order valence-corrected chi connectivity index (χ3v) is 5.22. The molecule has 2 rings (SSSR count). The molecule has 1 aliphatic carbocycles. The lowest BCUT2D eigenvalue weighted by Crippen LogP contribution is -2.53. The second-order valence-corrected chi connectivity index (χ2v) is 6.94. The molecule has 3 nitrogen and oxygen atoms in total. The van der Waals surface area contributed by atoms with Crippen LogP contribution >= 0.6 is 0 Å². The second kappa shape index (κ2) is 7.43. The van der Waals surface area contributed by atoms with Crippen LogP contribution in [0.15, 0.2) is 0 Å². The Morgan fingerprint density at radius 3 is 2.85 bits per heavy atom. The highest BCUT2D eigenvalue weighted by Crippen LogP contribution is 2.32. The molecule has 114 valence electrons. The van der Waals surface area contributed by atoms with Gasteiger partial charge in [-0.25, -0.2) is 0 Å². The number of hydrogen-bond acceptors (Lipinski definition) is 3. The monoisotopic (exact) mass is 277 g/mol. The fourth-order valence-electron chi connectivity index (χ4n) is 3.87. The molecule has 2 aliphatic rings. The van der Waals surface area contributed by atoms with Crippen LogP contribution in [-0.2, 0) is 0 Å². The zero-order valence-corrected chi connectivity index (χ0v) is 13.3. The van der Waals surface area contributed by atoms with Crippen molar-refractivity contribution in [3.63, 3.8) is 0 Å². The SMILES string of the molecule is CCCNC1(C#N)CCCC(N2CCCC(C)CC2)C1. The van der Waals surface area contributed by atoms with Crippen LogP contribution in [0.3, 0.4) is 0 Å². The Hall–Kier alpha value is -0.590. The standard InChI is InChI=1S/C17H31N3/c1-3-10-19-17(14-18)9-4-7-16(13-17)20-11-5-6-15(2)8-12-20/h15-16,19H,3-13H2,1-2H3. The summed E-state index contributed by atoms with van der Waals surface area (Å²) in [6.45, 7) is 8.00. The normalized spacial score (nSPS) is 36.2. The molecular formula is C17H31N3. The van der Waals surface area contributed by atoms with Crippen molar-refractivity contribution in [1.82, 2.24) is 10.2 Å². The van der Waals surface area contributed by atoms with Crippen molar-refractivity contribution in [2.45, 2.75) is 76.8 Å². The molecule has 0 aromatic heterocycles. The zero-order valence-electron chi connectivity index (χ0n) is 13.3. The van der Waals surface area contributed by atoms with E-state index < -0.39 is 0 Å². The van der Waals surface area contributed by atoms with E-state index in [1.165, 1.54) is 45.2 Å². The van der Waals surface area contributed by atoms with Gasteiger partial charge in [0.2, 0.25) is 0 Å². The first-order chi connectivity index (χ1) is 9.69. The molecule has 1 saturated carbocycles. The Morgan fingerprint density at radius 2 is 2.10 bits per heavy atom. The molecule has 0 bridgehead atoms. The van der Waals surface area contributed by atoms with Gasteiger partial charge in [0.25, 0.3) is 0 Å². The van der Waals surface area contributed by atoms with Crippen molar-refractivity contribution < 1.29 is 0 Å². The van der Waals surface area contributed by atoms with E-state index >= 15 is 0 Å². The van der Waals surface area contributed by atoms with Gasteiger partial charge < -0.3 is 4.90 Å². The molecule has 3 unspecified atom stereocenters. The predicted molar refractivity (Wildman–Crippen MR) is 83.5 cm³/mol. The number of nitriles is 1. The lowest BCUT2D eigenvalue weighted by Gasteiger charge is -2.41. The van der Waals surface area contributed by atoms with Gasteiger partial charge in [-0.3, -0.25) is 5.32 Å². The third kappa shape index (κ3) is 3.96. The lowest BCUT2D eigenvalue weighted by atomic mass is 9.79. The van der Waals surface area contributed by atoms with Gasteiger partial charge in [-0.1, -0.05) is 13.8 Å². The fourth-order valence-corrected chi connectivity index (χ4v) is 3.87. The summed E-state index contributed by atoms with van der Waals surface area (Å²) in [7, 11) is 0. The van der Waals surface area contributed by atoms with Gasteiger partial charge in [-0.05, 0) is 76.9 Å². The first kappa shape index (κ1) is 15.8. The molecule has 20 heavy (non-hydrogen) atoms. The van der Waals surface area contributed by atoms with Crippen molar-refractivity contribution >= 4 is 0 Å². The number of hydrogen-bond donors (Lipinski definition) is 1. The van der Waals surface area contributed by atoms with Crippen LogP contribution < -0.4 is 5.32 Å². The van der Waals surface area contributed by atoms with E-state index in [1.807, 2.05) is 0 Å². The molecule has 0 aromatic rings. The van der Waals surface area contributed by atoms with E-state index in [0.29, 0.717) is 6.04 Å². The quantitative estimate of drug-likeness (QED) is 0.857. The average molecular weight is 277 g/mol. The molecule has 1 heterocycles. The minimum absolute atomic E-state index is 0.253. The predicted octanol–water partition coefficient (Wildman–Crippen LogP) is 3.31. The van der Waals surface area contributed by atoms with Gasteiger partial charge in [0.15, 0.2) is 0 Å². The summed E-state index contributed by atoms with van der Waals surface area (Å²) in [5.41, 5.74) is -0.253. The van der Waals surface area contributed by atoms with E-state index in [2.05, 4.69) is 30.1 Å². The molecule has 0 spiro atoms. The van der Waals surface area contributed by atoms with Crippen molar-refractivity contribution in [2.75, 3.05) is 19.6 Å². The minimum atomic E-state index is -0.253. The first-order valence-electron chi connectivity index (χ1n) is 8.59. The van der Waals surface area contributed by atoms with Crippen molar-refractivity contribution in [1.29, 1.82) is 5.26 Å². The lowest BCUT2D eigenvalue weighted by molar-refractivity contribution is 0.122. The highest BCUT2D eigenvalue weighted by Gasteiger charge is 2.38. The minimum Gasteiger partial charge on any atom is -0.300 e. The smallest absolute Gasteiger partial charge is 0.108 e. The molecular weight excluding hydrogens is 246 g/mol. The topological polar surface area (TPSA) is 39.1 Å². The summed E-state index contributed by atoms with van der Waals surface area (Å²) in [4.78, 5) is 2.68. The molecule has 0 radical (unpaired) electrons. The van der Waals surface area contributed by atoms with Crippen LogP contribution in [0.2, 0.25) is 0 Å². The highest BCUT2D eigenvalue weighted by molar-refractivity contribution is 5.11. The Labute approximate surface area is 124 Å². The molecule has 1 aliphatic heterocycles. The summed E-state index contributed by atoms with van der Waals surface area (Å²) in [6, 6.07) is 3.23. The van der Waals surface area contributed by atoms with Crippen molar-refractivity contribution in [3.05, 3.63) is 0 Å². The molecule has 3 atom stereocenters. The fraction of sp³-hybridized carbons (Fsp3) is 0.941. The Morgan fingerprint density at radius 1 is 1.25 bits per heavy atom. The number of likely N-dealkylation sites (tertiary alicyclic amines) is 1. The van der Waals surface area contributed by atoms with Crippen LogP contribution in [0.25, 0.3) is 0 Å². The third-order valence-electron chi connectivity index (χ3n) is 5.22. The molecule has 0 aromatic carbocycles. The number of nitrogens with zero attached hydrogens (tertiary/aromatic N) is 2. The molecule has 1 saturated heterocycles. The summed E-state index contributed by atoms with van der Waals surface area (Å²) in [5, 5.41) is 13.2. The maximum Gasteiger partial charge on any atom is 0.108 e. The van der Waals surface area contributed by atoms with Crippen molar-refractivity contribution in [3.8, 4) is 6.07 Å². The van der Waals surface area contributed by atoms with E-state index in [0.717, 1.165) is 31.7 Å². The Kier molecular flexibility index (Phi) is 5.86. The maximum absolute atomic E-state index is 9.65. The van der Waals surface area contributed by atoms with Gasteiger partial charge in [-0.2, -0.15) is 5.26 Å². The summed E-state index contributed by atoms with van der Waals surface area (Å²) >= 11 is 0. The molecule has 1 N–H and O–H groups in total. The van der Waals surface area contributed by atoms with Gasteiger partial charge in [0.05, 0.1) is 6.07 Å². The van der Waals surface area contributed by atoms with Gasteiger partial charge in [0.1, 0.15) is 5.54 Å². The van der Waals surface area contributed by atoms with Crippen LogP contribution in [0.4, 0.5) is 0 Å². The Balaban J connectivity index is 1.96. The molecule has 2 fully saturated rings. The van der Waals surface area contributed by atoms with Crippen LogP contribution in [0.5, 0.6) is 0 Å². The molecule has 0 amide bonds. The zero-order chi connectivity index (χ0) is 14.4. The van der Waals surface area contributed by atoms with Gasteiger partial charge >= 0.3 is 0 Å². The largest absolute Gasteiger partial charge is 0.300 e. The molecule has 3 heteroatoms. The maximum atomic E-state index is 9.65. The first-order valence-corrected chi connectivity index (χ1v) is 8.59. The second-order valence-electron chi connectivity index (χ2n) is 6.94. The van der Waals surface area contributed by atoms with E-state index in [-0.39, 0.29) is 5.54 Å². The average Bonchev–Trinajstić information content (AvgIpc) is 2.70. The van der Waals surface area contributed by atoms with E-state index in [4.69, 9.17) is 0 Å². The van der Waals surface area contributed by atoms with Crippen LogP contribution in [0, 0.1) is 17.2 Å². The van der Waals surface area contributed by atoms with E-state index in [1.54, 1.807) is 0 Å². The summed E-state index contributed by atoms with van der Waals surface area (Å²) in [5.74, 6) is 0.877. The number of nitrogens with one attached hydrogen (secondary N) is 1. The highest BCUT2D eigenvalue weighted by atomic mass is 15.2. The van der Waals surface area contributed by atoms with Crippen LogP contribution in [0.1, 0.15) is 65.2 Å². The Bertz CT molecular complexity index is 336. The van der Waals surface area contributed by atoms with Gasteiger partial charge in [0, 0.05) is 6.04 Å². The number of rotatable bonds is 4. The van der Waals surface area contributed by atoms with Gasteiger partial charge in [-0.15, -0.1) is 0 Å². The van der Waals surface area contributed by atoms with E-state index in [9.17, 15) is 5.26 Å². The van der Waals surface area contributed by atoms with Crippen LogP contribution in [-0.4, -0.2) is 36.1 Å². The van der Waals surface area contributed by atoms with Crippen molar-refractivity contribution in [2.24, 2.45) is 5.92 Å².